The Morgan fingerprint density at radius 1 is 1.14 bits per heavy atom. The van der Waals surface area contributed by atoms with Crippen LogP contribution in [0, 0.1) is 5.82 Å². The molecule has 0 spiro atoms. The van der Waals surface area contributed by atoms with E-state index >= 15 is 0 Å². The Morgan fingerprint density at radius 3 is 2.57 bits per heavy atom. The van der Waals surface area contributed by atoms with Crippen molar-refractivity contribution in [2.45, 2.75) is 19.7 Å². The molecular formula is C23H20F4N6O2. The summed E-state index contributed by atoms with van der Waals surface area (Å²) >= 11 is 0. The van der Waals surface area contributed by atoms with Gasteiger partial charge in [0.2, 0.25) is 0 Å². The number of nitrogens with two attached hydrogens (primary N) is 1. The van der Waals surface area contributed by atoms with Gasteiger partial charge in [0.15, 0.2) is 11.6 Å². The van der Waals surface area contributed by atoms with E-state index in [4.69, 9.17) is 10.5 Å². The highest BCUT2D eigenvalue weighted by Crippen LogP contribution is 2.35. The lowest BCUT2D eigenvalue weighted by Gasteiger charge is -2.13. The molecule has 182 valence electrons. The summed E-state index contributed by atoms with van der Waals surface area (Å²) in [5.74, 6) is -1.28. The molecule has 0 aliphatic carbocycles. The number of nitrogens with one attached hydrogen (secondary N) is 2. The Labute approximate surface area is 196 Å². The van der Waals surface area contributed by atoms with E-state index in [2.05, 4.69) is 20.7 Å². The second-order valence-corrected chi connectivity index (χ2v) is 7.43. The Morgan fingerprint density at radius 2 is 1.89 bits per heavy atom. The first-order valence-corrected chi connectivity index (χ1v) is 10.4. The number of anilines is 3. The Hall–Kier alpha value is -4.19. The molecule has 0 bridgehead atoms. The highest BCUT2D eigenvalue weighted by molar-refractivity contribution is 6.00. The molecule has 0 unspecified atom stereocenters. The molecule has 0 aliphatic heterocycles. The molecule has 0 aliphatic rings. The van der Waals surface area contributed by atoms with E-state index in [1.54, 1.807) is 35.0 Å². The number of hydrogen-bond acceptors (Lipinski definition) is 5. The van der Waals surface area contributed by atoms with Crippen LogP contribution in [0.2, 0.25) is 0 Å². The number of carbonyl (C=O) groups excluding carboxylic acids is 1. The Bertz CT molecular complexity index is 1370. The topological polar surface area (TPSA) is 107 Å². The molecule has 12 heteroatoms. The number of urea groups is 1. The van der Waals surface area contributed by atoms with E-state index in [0.29, 0.717) is 30.5 Å². The third-order valence-electron chi connectivity index (χ3n) is 5.13. The van der Waals surface area contributed by atoms with Gasteiger partial charge < -0.3 is 21.1 Å². The highest BCUT2D eigenvalue weighted by Gasteiger charge is 2.35. The van der Waals surface area contributed by atoms with Gasteiger partial charge in [-0.3, -0.25) is 0 Å². The van der Waals surface area contributed by atoms with Crippen molar-refractivity contribution in [1.29, 1.82) is 0 Å². The van der Waals surface area contributed by atoms with Gasteiger partial charge in [0.1, 0.15) is 11.8 Å². The monoisotopic (exact) mass is 488 g/mol. The normalized spacial score (nSPS) is 11.6. The predicted octanol–water partition coefficient (Wildman–Crippen LogP) is 5.32. The third-order valence-corrected chi connectivity index (χ3v) is 5.13. The minimum absolute atomic E-state index is 0.280. The smallest absolute Gasteiger partial charge is 0.382 e. The van der Waals surface area contributed by atoms with Crippen molar-refractivity contribution in [2.24, 2.45) is 0 Å². The molecule has 2 aromatic carbocycles. The zero-order valence-corrected chi connectivity index (χ0v) is 18.4. The largest absolute Gasteiger partial charge is 0.419 e. The molecule has 8 nitrogen and oxygen atoms in total. The van der Waals surface area contributed by atoms with Crippen molar-refractivity contribution in [3.05, 3.63) is 71.9 Å². The summed E-state index contributed by atoms with van der Waals surface area (Å²) in [7, 11) is 0. The standard InChI is InChI=1S/C23H20F4N6O2/c1-2-35-11-14-10-33-20(21(28)29-12-30-33)18(14)13-6-8-15(9-7-13)31-22(34)32-17-5-3-4-16(19(17)24)23(25,26)27/h3-10,12H,2,11H2,1H3,(H2,28,29,30)(H2,31,32,34). The molecule has 0 saturated carbocycles. The number of benzene rings is 2. The Kier molecular flexibility index (Phi) is 6.56. The number of nitrogens with zero attached hydrogens (tertiary/aromatic N) is 3. The van der Waals surface area contributed by atoms with Gasteiger partial charge in [-0.1, -0.05) is 18.2 Å². The van der Waals surface area contributed by atoms with Gasteiger partial charge in [-0.05, 0) is 36.8 Å². The molecule has 4 aromatic rings. The van der Waals surface area contributed by atoms with E-state index in [0.717, 1.165) is 28.8 Å². The average molecular weight is 488 g/mol. The van der Waals surface area contributed by atoms with Crippen molar-refractivity contribution < 1.29 is 27.1 Å². The summed E-state index contributed by atoms with van der Waals surface area (Å²) < 4.78 is 60.0. The molecule has 2 amide bonds. The quantitative estimate of drug-likeness (QED) is 0.319. The van der Waals surface area contributed by atoms with E-state index in [9.17, 15) is 22.4 Å². The van der Waals surface area contributed by atoms with E-state index in [1.807, 2.05) is 6.92 Å². The van der Waals surface area contributed by atoms with Crippen LogP contribution in [0.1, 0.15) is 18.1 Å². The summed E-state index contributed by atoms with van der Waals surface area (Å²) in [6, 6.07) is 8.36. The van der Waals surface area contributed by atoms with Crippen LogP contribution in [0.4, 0.5) is 39.5 Å². The molecule has 0 saturated heterocycles. The number of amides is 2. The predicted molar refractivity (Wildman–Crippen MR) is 122 cm³/mol. The van der Waals surface area contributed by atoms with Crippen molar-refractivity contribution in [3.8, 4) is 11.1 Å². The maximum atomic E-state index is 14.2. The Balaban J connectivity index is 1.56. The van der Waals surface area contributed by atoms with Gasteiger partial charge in [-0.15, -0.1) is 0 Å². The van der Waals surface area contributed by atoms with Crippen molar-refractivity contribution in [3.63, 3.8) is 0 Å². The fourth-order valence-electron chi connectivity index (χ4n) is 3.58. The van der Waals surface area contributed by atoms with Gasteiger partial charge >= 0.3 is 12.2 Å². The molecular weight excluding hydrogens is 468 g/mol. The van der Waals surface area contributed by atoms with Gasteiger partial charge in [0, 0.05) is 29.6 Å². The maximum absolute atomic E-state index is 14.2. The summed E-state index contributed by atoms with van der Waals surface area (Å²) in [5.41, 5.74) is 7.29. The number of ether oxygens (including phenoxy) is 1. The van der Waals surface area contributed by atoms with Crippen LogP contribution in [-0.4, -0.2) is 27.2 Å². The number of hydrogen-bond donors (Lipinski definition) is 3. The fourth-order valence-corrected chi connectivity index (χ4v) is 3.58. The number of halogens is 4. The first kappa shape index (κ1) is 24.0. The number of nitrogen functional groups attached to an aromatic ring is 1. The third kappa shape index (κ3) is 5.01. The molecule has 4 rings (SSSR count). The van der Waals surface area contributed by atoms with Gasteiger partial charge in [0.25, 0.3) is 0 Å². The van der Waals surface area contributed by atoms with Crippen LogP contribution in [0.3, 0.4) is 0 Å². The molecule has 0 fully saturated rings. The van der Waals surface area contributed by atoms with Crippen molar-refractivity contribution in [2.75, 3.05) is 23.0 Å². The van der Waals surface area contributed by atoms with Crippen LogP contribution < -0.4 is 16.4 Å². The minimum Gasteiger partial charge on any atom is -0.382 e. The average Bonchev–Trinajstić information content (AvgIpc) is 3.18. The van der Waals surface area contributed by atoms with Crippen LogP contribution in [0.25, 0.3) is 16.6 Å². The van der Waals surface area contributed by atoms with Crippen molar-refractivity contribution in [1.82, 2.24) is 14.6 Å². The molecule has 0 atom stereocenters. The SMILES string of the molecule is CCOCc1cn2ncnc(N)c2c1-c1ccc(NC(=O)Nc2cccc(C(F)(F)F)c2F)cc1. The van der Waals surface area contributed by atoms with Gasteiger partial charge in [0.05, 0.1) is 17.9 Å². The maximum Gasteiger partial charge on any atom is 0.419 e. The van der Waals surface area contributed by atoms with Gasteiger partial charge in [-0.2, -0.15) is 18.3 Å². The number of alkyl halides is 3. The zero-order chi connectivity index (χ0) is 25.2. The first-order chi connectivity index (χ1) is 16.7. The molecule has 0 radical (unpaired) electrons. The van der Waals surface area contributed by atoms with Gasteiger partial charge in [-0.25, -0.2) is 18.7 Å². The number of carbonyl (C=O) groups is 1. The van der Waals surface area contributed by atoms with Crippen LogP contribution in [0.15, 0.2) is 55.0 Å². The number of rotatable bonds is 6. The molecule has 2 heterocycles. The van der Waals surface area contributed by atoms with E-state index < -0.39 is 29.3 Å². The zero-order valence-electron chi connectivity index (χ0n) is 18.4. The first-order valence-electron chi connectivity index (χ1n) is 10.4. The lowest BCUT2D eigenvalue weighted by atomic mass is 10.0. The number of aromatic nitrogens is 3. The summed E-state index contributed by atoms with van der Waals surface area (Å²) in [4.78, 5) is 16.3. The second-order valence-electron chi connectivity index (χ2n) is 7.43. The van der Waals surface area contributed by atoms with Crippen molar-refractivity contribution >= 4 is 28.7 Å². The van der Waals surface area contributed by atoms with E-state index in [1.165, 1.54) is 6.33 Å². The highest BCUT2D eigenvalue weighted by atomic mass is 19.4. The lowest BCUT2D eigenvalue weighted by molar-refractivity contribution is -0.139. The molecule has 2 aromatic heterocycles. The van der Waals surface area contributed by atoms with E-state index in [-0.39, 0.29) is 5.82 Å². The summed E-state index contributed by atoms with van der Waals surface area (Å²) in [6.07, 6.45) is -1.75. The minimum atomic E-state index is -4.88. The van der Waals surface area contributed by atoms with Crippen LogP contribution >= 0.6 is 0 Å². The fraction of sp³-hybridized carbons (Fsp3) is 0.174. The van der Waals surface area contributed by atoms with Crippen LogP contribution in [0.5, 0.6) is 0 Å². The summed E-state index contributed by atoms with van der Waals surface area (Å²) in [6.45, 7) is 2.71. The second kappa shape index (κ2) is 9.58. The van der Waals surface area contributed by atoms with Crippen LogP contribution in [-0.2, 0) is 17.5 Å². The molecule has 4 N–H and O–H groups in total. The summed E-state index contributed by atoms with van der Waals surface area (Å²) in [5, 5.41) is 8.75. The molecule has 35 heavy (non-hydrogen) atoms. The number of fused-ring (bicyclic) bond motifs is 1. The lowest BCUT2D eigenvalue weighted by Crippen LogP contribution is -2.21.